The molecule has 0 saturated carbocycles. The van der Waals surface area contributed by atoms with Gasteiger partial charge in [0.2, 0.25) is 0 Å². The number of hydrogen-bond acceptors (Lipinski definition) is 4. The van der Waals surface area contributed by atoms with Gasteiger partial charge in [-0.3, -0.25) is 0 Å². The van der Waals surface area contributed by atoms with Crippen LogP contribution in [0.25, 0.3) is 11.3 Å². The lowest BCUT2D eigenvalue weighted by Crippen LogP contribution is -2.32. The Hall–Kier alpha value is -0.910. The predicted molar refractivity (Wildman–Crippen MR) is 98.5 cm³/mol. The molecule has 0 unspecified atom stereocenters. The van der Waals surface area contributed by atoms with Crippen LogP contribution in [0.5, 0.6) is 5.75 Å². The van der Waals surface area contributed by atoms with E-state index in [1.807, 2.05) is 23.5 Å². The van der Waals surface area contributed by atoms with Crippen LogP contribution in [0.4, 0.5) is 0 Å². The fourth-order valence-corrected chi connectivity index (χ4v) is 3.87. The molecular formula is C17H23BrN2OS. The van der Waals surface area contributed by atoms with Gasteiger partial charge >= 0.3 is 0 Å². The van der Waals surface area contributed by atoms with Gasteiger partial charge in [0.1, 0.15) is 5.75 Å². The number of rotatable bonds is 4. The van der Waals surface area contributed by atoms with Crippen molar-refractivity contribution in [3.63, 3.8) is 0 Å². The molecule has 120 valence electrons. The van der Waals surface area contributed by atoms with Crippen LogP contribution in [0.2, 0.25) is 0 Å². The van der Waals surface area contributed by atoms with Gasteiger partial charge in [0.15, 0.2) is 0 Å². The number of likely N-dealkylation sites (tertiary alicyclic amines) is 1. The van der Waals surface area contributed by atoms with Gasteiger partial charge < -0.3 is 9.64 Å². The number of methoxy groups -OCH3 is 1. The Labute approximate surface area is 147 Å². The average Bonchev–Trinajstić information content (AvgIpc) is 3.05. The van der Waals surface area contributed by atoms with Crippen LogP contribution in [0.15, 0.2) is 29.6 Å². The Morgan fingerprint density at radius 3 is 2.50 bits per heavy atom. The van der Waals surface area contributed by atoms with Crippen molar-refractivity contribution in [3.05, 3.63) is 34.7 Å². The van der Waals surface area contributed by atoms with Crippen molar-refractivity contribution in [1.82, 2.24) is 9.88 Å². The minimum absolute atomic E-state index is 0. The molecule has 0 spiro atoms. The third-order valence-electron chi connectivity index (χ3n) is 4.29. The predicted octanol–water partition coefficient (Wildman–Crippen LogP) is 4.60. The summed E-state index contributed by atoms with van der Waals surface area (Å²) in [5, 5.41) is 3.49. The largest absolute Gasteiger partial charge is 0.497 e. The fraction of sp³-hybridized carbons (Fsp3) is 0.471. The van der Waals surface area contributed by atoms with E-state index >= 15 is 0 Å². The van der Waals surface area contributed by atoms with Crippen LogP contribution in [0.3, 0.4) is 0 Å². The van der Waals surface area contributed by atoms with E-state index in [9.17, 15) is 0 Å². The van der Waals surface area contributed by atoms with Gasteiger partial charge in [-0.25, -0.2) is 4.98 Å². The molecule has 2 aromatic rings. The summed E-state index contributed by atoms with van der Waals surface area (Å²) in [6, 6.07) is 8.15. The van der Waals surface area contributed by atoms with Gasteiger partial charge in [0.25, 0.3) is 0 Å². The Balaban J connectivity index is 0.00000176. The topological polar surface area (TPSA) is 25.4 Å². The second kappa shape index (κ2) is 8.09. The molecule has 1 aromatic carbocycles. The van der Waals surface area contributed by atoms with Crippen LogP contribution in [-0.2, 0) is 0 Å². The van der Waals surface area contributed by atoms with Crippen LogP contribution < -0.4 is 4.74 Å². The van der Waals surface area contributed by atoms with E-state index in [0.717, 1.165) is 11.4 Å². The first kappa shape index (κ1) is 17.4. The molecular weight excluding hydrogens is 360 g/mol. The second-order valence-corrected chi connectivity index (χ2v) is 6.40. The third-order valence-corrected chi connectivity index (χ3v) is 5.30. The third kappa shape index (κ3) is 3.89. The number of hydrogen-bond donors (Lipinski definition) is 0. The van der Waals surface area contributed by atoms with Crippen LogP contribution in [0, 0.1) is 0 Å². The lowest BCUT2D eigenvalue weighted by molar-refractivity contribution is 0.222. The van der Waals surface area contributed by atoms with E-state index in [-0.39, 0.29) is 17.0 Å². The zero-order valence-electron chi connectivity index (χ0n) is 13.1. The minimum atomic E-state index is 0. The zero-order chi connectivity index (χ0) is 14.7. The normalized spacial score (nSPS) is 16.3. The van der Waals surface area contributed by atoms with E-state index in [1.165, 1.54) is 43.0 Å². The second-order valence-electron chi connectivity index (χ2n) is 5.51. The van der Waals surface area contributed by atoms with Crippen LogP contribution >= 0.6 is 28.3 Å². The van der Waals surface area contributed by atoms with Crippen molar-refractivity contribution in [1.29, 1.82) is 0 Å². The van der Waals surface area contributed by atoms with Crippen LogP contribution in [0.1, 0.15) is 30.7 Å². The van der Waals surface area contributed by atoms with Crippen molar-refractivity contribution in [2.75, 3.05) is 26.7 Å². The van der Waals surface area contributed by atoms with Crippen molar-refractivity contribution >= 4 is 28.3 Å². The van der Waals surface area contributed by atoms with E-state index in [2.05, 4.69) is 29.3 Å². The Morgan fingerprint density at radius 2 is 1.91 bits per heavy atom. The SMILES string of the molecule is Br.CCN1CCC(c2nc(-c3ccc(OC)cc3)cs2)CC1. The summed E-state index contributed by atoms with van der Waals surface area (Å²) in [6.45, 7) is 5.82. The molecule has 1 saturated heterocycles. The molecule has 1 fully saturated rings. The molecule has 0 N–H and O–H groups in total. The molecule has 0 bridgehead atoms. The van der Waals surface area contributed by atoms with Crippen LogP contribution in [-0.4, -0.2) is 36.6 Å². The zero-order valence-corrected chi connectivity index (χ0v) is 15.6. The summed E-state index contributed by atoms with van der Waals surface area (Å²) in [6.07, 6.45) is 2.48. The van der Waals surface area contributed by atoms with Gasteiger partial charge in [-0.05, 0) is 56.7 Å². The Bertz CT molecular complexity index is 577. The Kier molecular flexibility index (Phi) is 6.41. The molecule has 0 radical (unpaired) electrons. The molecule has 2 heterocycles. The van der Waals surface area contributed by atoms with E-state index in [1.54, 1.807) is 7.11 Å². The number of piperidine rings is 1. The molecule has 0 amide bonds. The van der Waals surface area contributed by atoms with Crippen molar-refractivity contribution in [3.8, 4) is 17.0 Å². The molecule has 3 rings (SSSR count). The minimum Gasteiger partial charge on any atom is -0.497 e. The summed E-state index contributed by atoms with van der Waals surface area (Å²) < 4.78 is 5.20. The molecule has 0 atom stereocenters. The number of benzene rings is 1. The van der Waals surface area contributed by atoms with Gasteiger partial charge in [-0.2, -0.15) is 0 Å². The summed E-state index contributed by atoms with van der Waals surface area (Å²) >= 11 is 1.81. The standard InChI is InChI=1S/C17H22N2OS.BrH/c1-3-19-10-8-14(9-11-19)17-18-16(12-21-17)13-4-6-15(20-2)7-5-13;/h4-7,12,14H,3,8-11H2,1-2H3;1H. The summed E-state index contributed by atoms with van der Waals surface area (Å²) in [5.74, 6) is 1.53. The maximum absolute atomic E-state index is 5.20. The first-order valence-corrected chi connectivity index (χ1v) is 8.50. The molecule has 1 aliphatic rings. The highest BCUT2D eigenvalue weighted by atomic mass is 79.9. The highest BCUT2D eigenvalue weighted by Gasteiger charge is 2.22. The van der Waals surface area contributed by atoms with Gasteiger partial charge in [-0.1, -0.05) is 6.92 Å². The first-order chi connectivity index (χ1) is 10.3. The lowest BCUT2D eigenvalue weighted by atomic mass is 9.97. The van der Waals surface area contributed by atoms with Crippen molar-refractivity contribution in [2.24, 2.45) is 0 Å². The maximum Gasteiger partial charge on any atom is 0.118 e. The highest BCUT2D eigenvalue weighted by molar-refractivity contribution is 8.93. The highest BCUT2D eigenvalue weighted by Crippen LogP contribution is 2.33. The van der Waals surface area contributed by atoms with Gasteiger partial charge in [0.05, 0.1) is 17.8 Å². The number of aromatic nitrogens is 1. The summed E-state index contributed by atoms with van der Waals surface area (Å²) in [4.78, 5) is 7.39. The number of halogens is 1. The first-order valence-electron chi connectivity index (χ1n) is 7.62. The summed E-state index contributed by atoms with van der Waals surface area (Å²) in [7, 11) is 1.69. The van der Waals surface area contributed by atoms with E-state index in [4.69, 9.17) is 9.72 Å². The van der Waals surface area contributed by atoms with E-state index in [0.29, 0.717) is 5.92 Å². The molecule has 3 nitrogen and oxygen atoms in total. The molecule has 22 heavy (non-hydrogen) atoms. The molecule has 0 aliphatic carbocycles. The lowest BCUT2D eigenvalue weighted by Gasteiger charge is -2.29. The number of thiazole rings is 1. The average molecular weight is 383 g/mol. The van der Waals surface area contributed by atoms with Crippen molar-refractivity contribution in [2.45, 2.75) is 25.7 Å². The molecule has 1 aliphatic heterocycles. The Morgan fingerprint density at radius 1 is 1.23 bits per heavy atom. The van der Waals surface area contributed by atoms with Gasteiger partial charge in [0, 0.05) is 16.9 Å². The monoisotopic (exact) mass is 382 g/mol. The maximum atomic E-state index is 5.20. The molecule has 5 heteroatoms. The number of ether oxygens (including phenoxy) is 1. The molecule has 1 aromatic heterocycles. The smallest absolute Gasteiger partial charge is 0.118 e. The quantitative estimate of drug-likeness (QED) is 0.772. The van der Waals surface area contributed by atoms with Crippen molar-refractivity contribution < 1.29 is 4.74 Å². The number of nitrogens with zero attached hydrogens (tertiary/aromatic N) is 2. The van der Waals surface area contributed by atoms with E-state index < -0.39 is 0 Å². The summed E-state index contributed by atoms with van der Waals surface area (Å²) in [5.41, 5.74) is 2.26. The fourth-order valence-electron chi connectivity index (χ4n) is 2.87. The van der Waals surface area contributed by atoms with Gasteiger partial charge in [-0.15, -0.1) is 28.3 Å².